The van der Waals surface area contributed by atoms with Crippen LogP contribution in [0.15, 0.2) is 11.3 Å². The third kappa shape index (κ3) is 9.76. The van der Waals surface area contributed by atoms with Crippen LogP contribution in [0, 0.1) is 5.92 Å². The summed E-state index contributed by atoms with van der Waals surface area (Å²) in [4.78, 5) is 25.0. The number of thiol groups is 2. The Labute approximate surface area is 173 Å². The number of nitrogens with zero attached hydrogens (tertiary/aromatic N) is 1. The summed E-state index contributed by atoms with van der Waals surface area (Å²) >= 11 is 8.30. The lowest BCUT2D eigenvalue weighted by Crippen LogP contribution is -2.37. The van der Waals surface area contributed by atoms with Crippen LogP contribution in [0.3, 0.4) is 0 Å². The van der Waals surface area contributed by atoms with E-state index in [1.165, 1.54) is 6.42 Å². The van der Waals surface area contributed by atoms with Gasteiger partial charge in [0.15, 0.2) is 4.27 Å². The maximum Gasteiger partial charge on any atom is 0.407 e. The van der Waals surface area contributed by atoms with Gasteiger partial charge in [-0.1, -0.05) is 19.3 Å². The fraction of sp³-hybridized carbons (Fsp3) is 0.789. The fourth-order valence-corrected chi connectivity index (χ4v) is 3.69. The summed E-state index contributed by atoms with van der Waals surface area (Å²) in [7, 11) is 0. The molecule has 156 valence electrons. The lowest BCUT2D eigenvalue weighted by atomic mass is 9.81. The number of hydrogen-bond acceptors (Lipinski definition) is 6. The van der Waals surface area contributed by atoms with E-state index in [1.807, 2.05) is 6.92 Å². The maximum atomic E-state index is 11.8. The molecular weight excluding hydrogens is 384 g/mol. The Balaban J connectivity index is 2.82. The number of carbonyl (C=O) groups is 2. The molecule has 1 aliphatic rings. The van der Waals surface area contributed by atoms with Crippen LogP contribution in [0.1, 0.15) is 66.2 Å². The van der Waals surface area contributed by atoms with E-state index in [0.717, 1.165) is 43.4 Å². The number of hydrogen-bond donors (Lipinski definition) is 4. The molecular formula is C19H34N2O4S2. The van der Waals surface area contributed by atoms with Crippen molar-refractivity contribution in [3.05, 3.63) is 11.3 Å². The van der Waals surface area contributed by atoms with E-state index in [2.05, 4.69) is 30.6 Å². The summed E-state index contributed by atoms with van der Waals surface area (Å²) in [6.07, 6.45) is 6.08. The van der Waals surface area contributed by atoms with Gasteiger partial charge < -0.3 is 20.1 Å². The Morgan fingerprint density at radius 2 is 1.85 bits per heavy atom. The van der Waals surface area contributed by atoms with E-state index < -0.39 is 16.0 Å². The summed E-state index contributed by atoms with van der Waals surface area (Å²) in [5.74, 6) is 0.311. The normalized spacial score (nSPS) is 17.1. The molecule has 0 radical (unpaired) electrons. The lowest BCUT2D eigenvalue weighted by molar-refractivity contribution is -0.116. The van der Waals surface area contributed by atoms with Gasteiger partial charge in [0.05, 0.1) is 0 Å². The molecule has 0 aliphatic heterocycles. The van der Waals surface area contributed by atoms with Crippen molar-refractivity contribution >= 4 is 37.8 Å². The number of rotatable bonds is 8. The standard InChI is InChI=1S/C19H34N2O4S2/c1-14(16(12-19(24,26)27)15-8-6-5-7-9-15)21(13-22)11-10-20-17(23)25-18(2,3)4/h13,15,24,26-27H,5-12H2,1-4H3,(H,20,23). The SMILES string of the molecule is CC(=C(CC(O)(S)S)C1CCCCC1)N(C=O)CCNC(=O)OC(C)(C)C. The zero-order valence-corrected chi connectivity index (χ0v) is 18.6. The summed E-state index contributed by atoms with van der Waals surface area (Å²) < 4.78 is 3.77. The number of ether oxygens (including phenoxy) is 1. The van der Waals surface area contributed by atoms with Gasteiger partial charge in [0, 0.05) is 25.2 Å². The third-order valence-corrected chi connectivity index (χ3v) is 4.89. The van der Waals surface area contributed by atoms with E-state index in [-0.39, 0.29) is 13.0 Å². The van der Waals surface area contributed by atoms with E-state index in [1.54, 1.807) is 25.7 Å². The Morgan fingerprint density at radius 3 is 2.33 bits per heavy atom. The van der Waals surface area contributed by atoms with Crippen LogP contribution >= 0.6 is 25.3 Å². The second-order valence-corrected chi connectivity index (χ2v) is 9.96. The molecule has 0 saturated heterocycles. The second kappa shape index (κ2) is 10.6. The summed E-state index contributed by atoms with van der Waals surface area (Å²) in [6.45, 7) is 7.85. The third-order valence-electron chi connectivity index (χ3n) is 4.57. The Bertz CT molecular complexity index is 533. The van der Waals surface area contributed by atoms with Crippen LogP contribution in [0.2, 0.25) is 0 Å². The van der Waals surface area contributed by atoms with Crippen LogP contribution in [0.4, 0.5) is 4.79 Å². The van der Waals surface area contributed by atoms with Gasteiger partial charge in [-0.05, 0) is 52.0 Å². The fourth-order valence-electron chi connectivity index (χ4n) is 3.35. The molecule has 0 unspecified atom stereocenters. The highest BCUT2D eigenvalue weighted by Gasteiger charge is 2.28. The van der Waals surface area contributed by atoms with Crippen molar-refractivity contribution in [1.29, 1.82) is 0 Å². The molecule has 0 heterocycles. The van der Waals surface area contributed by atoms with Gasteiger partial charge in [-0.15, -0.1) is 25.3 Å². The molecule has 1 aliphatic carbocycles. The van der Waals surface area contributed by atoms with Gasteiger partial charge in [0.1, 0.15) is 5.60 Å². The van der Waals surface area contributed by atoms with Crippen molar-refractivity contribution in [2.45, 2.75) is 76.1 Å². The summed E-state index contributed by atoms with van der Waals surface area (Å²) in [5.41, 5.74) is 1.23. The van der Waals surface area contributed by atoms with Gasteiger partial charge in [0.2, 0.25) is 6.41 Å². The maximum absolute atomic E-state index is 11.8. The van der Waals surface area contributed by atoms with Crippen LogP contribution in [0.5, 0.6) is 0 Å². The average Bonchev–Trinajstić information content (AvgIpc) is 2.54. The first-order valence-corrected chi connectivity index (χ1v) is 10.4. The summed E-state index contributed by atoms with van der Waals surface area (Å²) in [6, 6.07) is 0. The van der Waals surface area contributed by atoms with Crippen LogP contribution in [0.25, 0.3) is 0 Å². The minimum Gasteiger partial charge on any atom is -0.444 e. The van der Waals surface area contributed by atoms with Crippen LogP contribution in [-0.2, 0) is 9.53 Å². The highest BCUT2D eigenvalue weighted by Crippen LogP contribution is 2.38. The molecule has 8 heteroatoms. The Kier molecular flexibility index (Phi) is 9.51. The quantitative estimate of drug-likeness (QED) is 0.275. The molecule has 1 saturated carbocycles. The minimum atomic E-state index is -1.43. The Hall–Kier alpha value is -0.860. The van der Waals surface area contributed by atoms with Crippen molar-refractivity contribution in [2.24, 2.45) is 5.92 Å². The highest BCUT2D eigenvalue weighted by molar-refractivity contribution is 8.00. The first-order valence-electron chi connectivity index (χ1n) is 9.48. The molecule has 0 aromatic carbocycles. The monoisotopic (exact) mass is 418 g/mol. The molecule has 6 nitrogen and oxygen atoms in total. The molecule has 1 rings (SSSR count). The molecule has 2 amide bonds. The molecule has 2 N–H and O–H groups in total. The average molecular weight is 419 g/mol. The molecule has 0 bridgehead atoms. The predicted molar refractivity (Wildman–Crippen MR) is 114 cm³/mol. The number of amides is 2. The van der Waals surface area contributed by atoms with Gasteiger partial charge >= 0.3 is 6.09 Å². The number of carbonyl (C=O) groups excluding carboxylic acids is 2. The zero-order valence-electron chi connectivity index (χ0n) is 16.8. The van der Waals surface area contributed by atoms with Crippen molar-refractivity contribution in [2.75, 3.05) is 13.1 Å². The number of aliphatic hydroxyl groups is 1. The second-order valence-electron chi connectivity index (χ2n) is 8.12. The van der Waals surface area contributed by atoms with Gasteiger partial charge in [-0.25, -0.2) is 4.79 Å². The molecule has 1 fully saturated rings. The van der Waals surface area contributed by atoms with Crippen molar-refractivity contribution in [3.63, 3.8) is 0 Å². The highest BCUT2D eigenvalue weighted by atomic mass is 32.2. The molecule has 27 heavy (non-hydrogen) atoms. The smallest absolute Gasteiger partial charge is 0.407 e. The molecule has 0 spiro atoms. The van der Waals surface area contributed by atoms with Crippen LogP contribution in [-0.4, -0.2) is 45.5 Å². The number of alkyl carbamates (subject to hydrolysis) is 1. The molecule has 0 aromatic rings. The van der Waals surface area contributed by atoms with E-state index in [4.69, 9.17) is 4.74 Å². The van der Waals surface area contributed by atoms with Gasteiger partial charge in [0.25, 0.3) is 0 Å². The first kappa shape index (κ1) is 24.2. The van der Waals surface area contributed by atoms with Crippen molar-refractivity contribution < 1.29 is 19.4 Å². The van der Waals surface area contributed by atoms with E-state index in [9.17, 15) is 14.7 Å². The van der Waals surface area contributed by atoms with Gasteiger partial charge in [-0.2, -0.15) is 0 Å². The largest absolute Gasteiger partial charge is 0.444 e. The van der Waals surface area contributed by atoms with E-state index in [0.29, 0.717) is 12.5 Å². The lowest BCUT2D eigenvalue weighted by Gasteiger charge is -2.32. The van der Waals surface area contributed by atoms with E-state index >= 15 is 0 Å². The molecule has 0 aromatic heterocycles. The van der Waals surface area contributed by atoms with Gasteiger partial charge in [-0.3, -0.25) is 4.79 Å². The number of nitrogens with one attached hydrogen (secondary N) is 1. The zero-order chi connectivity index (χ0) is 20.7. The minimum absolute atomic E-state index is 0.273. The predicted octanol–water partition coefficient (Wildman–Crippen LogP) is 3.72. The Morgan fingerprint density at radius 1 is 1.26 bits per heavy atom. The van der Waals surface area contributed by atoms with Crippen LogP contribution < -0.4 is 5.32 Å². The first-order chi connectivity index (χ1) is 12.4. The van der Waals surface area contributed by atoms with Crippen molar-refractivity contribution in [1.82, 2.24) is 10.2 Å². The summed E-state index contributed by atoms with van der Waals surface area (Å²) in [5, 5.41) is 12.8. The topological polar surface area (TPSA) is 78.9 Å². The van der Waals surface area contributed by atoms with Crippen molar-refractivity contribution in [3.8, 4) is 0 Å². The molecule has 0 atom stereocenters. The number of allylic oxidation sites excluding steroid dienone is 1.